The molecule has 1 heterocycles. The summed E-state index contributed by atoms with van der Waals surface area (Å²) >= 11 is 0. The standard InChI is InChI=1S/C12H10FN3O2/c13-9-6-7(17)3-4-8(9)12(18)16-11-10(14)2-1-5-15-11/h1-6,17H,14H2,(H,15,16,18). The highest BCUT2D eigenvalue weighted by atomic mass is 19.1. The summed E-state index contributed by atoms with van der Waals surface area (Å²) in [5.41, 5.74) is 5.68. The maximum Gasteiger partial charge on any atom is 0.259 e. The van der Waals surface area contributed by atoms with Crippen molar-refractivity contribution in [2.24, 2.45) is 0 Å². The normalized spacial score (nSPS) is 10.1. The number of nitrogens with one attached hydrogen (secondary N) is 1. The fourth-order valence-corrected chi connectivity index (χ4v) is 1.39. The lowest BCUT2D eigenvalue weighted by molar-refractivity contribution is 0.102. The number of carbonyl (C=O) groups excluding carboxylic acids is 1. The molecule has 0 aliphatic rings. The van der Waals surface area contributed by atoms with Gasteiger partial charge in [0.1, 0.15) is 11.6 Å². The smallest absolute Gasteiger partial charge is 0.259 e. The average molecular weight is 247 g/mol. The summed E-state index contributed by atoms with van der Waals surface area (Å²) in [5.74, 6) is -1.59. The molecule has 1 aromatic heterocycles. The molecule has 0 aliphatic heterocycles. The largest absolute Gasteiger partial charge is 0.508 e. The van der Waals surface area contributed by atoms with Crippen LogP contribution in [0.3, 0.4) is 0 Å². The summed E-state index contributed by atoms with van der Waals surface area (Å²) in [7, 11) is 0. The monoisotopic (exact) mass is 247 g/mol. The van der Waals surface area contributed by atoms with Gasteiger partial charge in [0.2, 0.25) is 0 Å². The number of pyridine rings is 1. The van der Waals surface area contributed by atoms with Gasteiger partial charge in [-0.2, -0.15) is 0 Å². The van der Waals surface area contributed by atoms with Crippen LogP contribution in [-0.4, -0.2) is 16.0 Å². The first kappa shape index (κ1) is 11.8. The van der Waals surface area contributed by atoms with Gasteiger partial charge in [-0.1, -0.05) is 0 Å². The fraction of sp³-hybridized carbons (Fsp3) is 0. The first-order valence-corrected chi connectivity index (χ1v) is 5.08. The number of nitrogens with two attached hydrogens (primary N) is 1. The van der Waals surface area contributed by atoms with Crippen molar-refractivity contribution in [1.82, 2.24) is 4.98 Å². The van der Waals surface area contributed by atoms with Crippen LogP contribution in [0.5, 0.6) is 5.75 Å². The van der Waals surface area contributed by atoms with Gasteiger partial charge in [0.05, 0.1) is 11.3 Å². The van der Waals surface area contributed by atoms with Gasteiger partial charge < -0.3 is 16.2 Å². The molecule has 6 heteroatoms. The van der Waals surface area contributed by atoms with Crippen LogP contribution in [0.1, 0.15) is 10.4 Å². The van der Waals surface area contributed by atoms with E-state index in [4.69, 9.17) is 10.8 Å². The van der Waals surface area contributed by atoms with E-state index in [-0.39, 0.29) is 22.8 Å². The molecule has 1 amide bonds. The van der Waals surface area contributed by atoms with Gasteiger partial charge in [0.15, 0.2) is 5.82 Å². The molecule has 0 fully saturated rings. The van der Waals surface area contributed by atoms with E-state index >= 15 is 0 Å². The van der Waals surface area contributed by atoms with Crippen LogP contribution < -0.4 is 11.1 Å². The number of nitrogens with zero attached hydrogens (tertiary/aromatic N) is 1. The molecule has 0 bridgehead atoms. The second-order valence-electron chi connectivity index (χ2n) is 3.56. The SMILES string of the molecule is Nc1cccnc1NC(=O)c1ccc(O)cc1F. The van der Waals surface area contributed by atoms with E-state index in [0.717, 1.165) is 6.07 Å². The van der Waals surface area contributed by atoms with Gasteiger partial charge in [-0.3, -0.25) is 4.79 Å². The first-order chi connectivity index (χ1) is 8.58. The summed E-state index contributed by atoms with van der Waals surface area (Å²) in [5, 5.41) is 11.4. The third-order valence-electron chi connectivity index (χ3n) is 2.27. The molecular weight excluding hydrogens is 237 g/mol. The van der Waals surface area contributed by atoms with Gasteiger partial charge in [0.25, 0.3) is 5.91 Å². The molecule has 4 N–H and O–H groups in total. The summed E-state index contributed by atoms with van der Waals surface area (Å²) in [4.78, 5) is 15.6. The summed E-state index contributed by atoms with van der Waals surface area (Å²) < 4.78 is 13.4. The Morgan fingerprint density at radius 1 is 1.39 bits per heavy atom. The number of hydrogen-bond acceptors (Lipinski definition) is 4. The number of hydrogen-bond donors (Lipinski definition) is 3. The van der Waals surface area contributed by atoms with Gasteiger partial charge in [-0.15, -0.1) is 0 Å². The van der Waals surface area contributed by atoms with Crippen LogP contribution in [0.25, 0.3) is 0 Å². The third-order valence-corrected chi connectivity index (χ3v) is 2.27. The lowest BCUT2D eigenvalue weighted by Gasteiger charge is -2.07. The van der Waals surface area contributed by atoms with Crippen LogP contribution in [0.15, 0.2) is 36.5 Å². The molecular formula is C12H10FN3O2. The van der Waals surface area contributed by atoms with E-state index in [1.807, 2.05) is 0 Å². The number of anilines is 2. The number of phenolic OH excluding ortho intramolecular Hbond substituents is 1. The molecule has 0 unspecified atom stereocenters. The quantitative estimate of drug-likeness (QED) is 0.754. The minimum absolute atomic E-state index is 0.162. The molecule has 0 saturated carbocycles. The Morgan fingerprint density at radius 2 is 2.17 bits per heavy atom. The van der Waals surface area contributed by atoms with Gasteiger partial charge in [-0.05, 0) is 24.3 Å². The second-order valence-corrected chi connectivity index (χ2v) is 3.56. The minimum Gasteiger partial charge on any atom is -0.508 e. The number of amides is 1. The molecule has 0 atom stereocenters. The Bertz CT molecular complexity index is 602. The van der Waals surface area contributed by atoms with Crippen molar-refractivity contribution in [3.63, 3.8) is 0 Å². The Hall–Kier alpha value is -2.63. The number of halogens is 1. The zero-order valence-electron chi connectivity index (χ0n) is 9.22. The zero-order valence-corrected chi connectivity index (χ0v) is 9.22. The molecule has 0 saturated heterocycles. The molecule has 0 spiro atoms. The van der Waals surface area contributed by atoms with Crippen LogP contribution in [0, 0.1) is 5.82 Å². The predicted octanol–water partition coefficient (Wildman–Crippen LogP) is 1.76. The lowest BCUT2D eigenvalue weighted by Crippen LogP contribution is -2.15. The van der Waals surface area contributed by atoms with Crippen molar-refractivity contribution in [3.05, 3.63) is 47.9 Å². The van der Waals surface area contributed by atoms with Gasteiger partial charge >= 0.3 is 0 Å². The van der Waals surface area contributed by atoms with Crippen LogP contribution in [-0.2, 0) is 0 Å². The molecule has 18 heavy (non-hydrogen) atoms. The highest BCUT2D eigenvalue weighted by molar-refractivity contribution is 6.05. The van der Waals surface area contributed by atoms with Crippen LogP contribution in [0.4, 0.5) is 15.9 Å². The number of rotatable bonds is 2. The first-order valence-electron chi connectivity index (χ1n) is 5.08. The number of carbonyl (C=O) groups is 1. The van der Waals surface area contributed by atoms with Crippen LogP contribution in [0.2, 0.25) is 0 Å². The van der Waals surface area contributed by atoms with Gasteiger partial charge in [0, 0.05) is 12.3 Å². The molecule has 0 radical (unpaired) electrons. The van der Waals surface area contributed by atoms with E-state index in [9.17, 15) is 9.18 Å². The van der Waals surface area contributed by atoms with Crippen molar-refractivity contribution in [1.29, 1.82) is 0 Å². The third kappa shape index (κ3) is 2.37. The topological polar surface area (TPSA) is 88.2 Å². The summed E-state index contributed by atoms with van der Waals surface area (Å²) in [6.45, 7) is 0. The van der Waals surface area contributed by atoms with Crippen LogP contribution >= 0.6 is 0 Å². The van der Waals surface area contributed by atoms with E-state index < -0.39 is 11.7 Å². The van der Waals surface area contributed by atoms with Crippen molar-refractivity contribution in [2.45, 2.75) is 0 Å². The summed E-state index contributed by atoms with van der Waals surface area (Å²) in [6.07, 6.45) is 1.46. The Balaban J connectivity index is 2.25. The Labute approximate surface area is 102 Å². The number of aromatic hydroxyl groups is 1. The maximum atomic E-state index is 13.4. The van der Waals surface area contributed by atoms with E-state index in [0.29, 0.717) is 0 Å². The number of benzene rings is 1. The number of aromatic nitrogens is 1. The molecule has 92 valence electrons. The fourth-order valence-electron chi connectivity index (χ4n) is 1.39. The molecule has 2 rings (SSSR count). The number of phenols is 1. The van der Waals surface area contributed by atoms with Gasteiger partial charge in [-0.25, -0.2) is 9.37 Å². The Kier molecular flexibility index (Phi) is 3.09. The van der Waals surface area contributed by atoms with E-state index in [1.165, 1.54) is 18.3 Å². The second kappa shape index (κ2) is 4.70. The minimum atomic E-state index is -0.818. The molecule has 0 aliphatic carbocycles. The predicted molar refractivity (Wildman–Crippen MR) is 64.7 cm³/mol. The summed E-state index contributed by atoms with van der Waals surface area (Å²) in [6, 6.07) is 6.44. The van der Waals surface area contributed by atoms with Crippen molar-refractivity contribution >= 4 is 17.4 Å². The average Bonchev–Trinajstić information content (AvgIpc) is 2.32. The molecule has 2 aromatic rings. The van der Waals surface area contributed by atoms with E-state index in [1.54, 1.807) is 12.1 Å². The molecule has 5 nitrogen and oxygen atoms in total. The van der Waals surface area contributed by atoms with Crippen molar-refractivity contribution < 1.29 is 14.3 Å². The van der Waals surface area contributed by atoms with E-state index in [2.05, 4.69) is 10.3 Å². The maximum absolute atomic E-state index is 13.4. The van der Waals surface area contributed by atoms with Crippen molar-refractivity contribution in [3.8, 4) is 5.75 Å². The zero-order chi connectivity index (χ0) is 13.1. The molecule has 1 aromatic carbocycles. The van der Waals surface area contributed by atoms with Crippen molar-refractivity contribution in [2.75, 3.05) is 11.1 Å². The lowest BCUT2D eigenvalue weighted by atomic mass is 10.2. The highest BCUT2D eigenvalue weighted by Crippen LogP contribution is 2.18. The Morgan fingerprint density at radius 3 is 2.83 bits per heavy atom. The highest BCUT2D eigenvalue weighted by Gasteiger charge is 2.13. The number of nitrogen functional groups attached to an aromatic ring is 1.